The van der Waals surface area contributed by atoms with Crippen molar-refractivity contribution in [1.29, 1.82) is 5.26 Å². The standard InChI is InChI=1S/C17H10F4N4/c1-2-9-3-5-10(6-4-9)12-8-25(24-23-12)17-15(20)13(18)11(7-22)14(19)16(17)21/h3-6,8H,2H2,1H3. The predicted molar refractivity (Wildman–Crippen MR) is 80.7 cm³/mol. The highest BCUT2D eigenvalue weighted by molar-refractivity contribution is 5.59. The zero-order valence-electron chi connectivity index (χ0n) is 12.9. The van der Waals surface area contributed by atoms with E-state index >= 15 is 0 Å². The van der Waals surface area contributed by atoms with E-state index in [4.69, 9.17) is 5.26 Å². The summed E-state index contributed by atoms with van der Waals surface area (Å²) in [6.07, 6.45) is 1.99. The molecule has 0 atom stereocenters. The summed E-state index contributed by atoms with van der Waals surface area (Å²) >= 11 is 0. The molecule has 0 bridgehead atoms. The lowest BCUT2D eigenvalue weighted by Crippen LogP contribution is -2.10. The van der Waals surface area contributed by atoms with Crippen LogP contribution in [0.5, 0.6) is 0 Å². The van der Waals surface area contributed by atoms with Gasteiger partial charge in [0.15, 0.2) is 23.3 Å². The van der Waals surface area contributed by atoms with Crippen molar-refractivity contribution in [1.82, 2.24) is 15.0 Å². The lowest BCUT2D eigenvalue weighted by atomic mass is 10.1. The van der Waals surface area contributed by atoms with E-state index in [1.165, 1.54) is 0 Å². The fourth-order valence-electron chi connectivity index (χ4n) is 2.34. The van der Waals surface area contributed by atoms with Crippen LogP contribution in [0.15, 0.2) is 30.5 Å². The normalized spacial score (nSPS) is 10.7. The molecule has 1 aromatic heterocycles. The van der Waals surface area contributed by atoms with Crippen molar-refractivity contribution in [2.75, 3.05) is 0 Å². The number of aromatic nitrogens is 3. The summed E-state index contributed by atoms with van der Waals surface area (Å²) in [6.45, 7) is 1.99. The van der Waals surface area contributed by atoms with Gasteiger partial charge < -0.3 is 0 Å². The van der Waals surface area contributed by atoms with Gasteiger partial charge in [0, 0.05) is 5.56 Å². The van der Waals surface area contributed by atoms with Gasteiger partial charge in [-0.25, -0.2) is 22.2 Å². The molecule has 1 heterocycles. The first kappa shape index (κ1) is 16.6. The van der Waals surface area contributed by atoms with Gasteiger partial charge in [-0.1, -0.05) is 36.4 Å². The van der Waals surface area contributed by atoms with Crippen LogP contribution in [0.25, 0.3) is 16.9 Å². The summed E-state index contributed by atoms with van der Waals surface area (Å²) in [5.74, 6) is -6.98. The Morgan fingerprint density at radius 3 is 2.12 bits per heavy atom. The summed E-state index contributed by atoms with van der Waals surface area (Å²) in [4.78, 5) is 0. The Balaban J connectivity index is 2.10. The molecular weight excluding hydrogens is 336 g/mol. The van der Waals surface area contributed by atoms with Gasteiger partial charge in [-0.05, 0) is 12.0 Å². The average molecular weight is 346 g/mol. The number of nitrogens with zero attached hydrogens (tertiary/aromatic N) is 4. The minimum absolute atomic E-state index is 0.270. The predicted octanol–water partition coefficient (Wildman–Crippen LogP) is 3.92. The lowest BCUT2D eigenvalue weighted by molar-refractivity contribution is 0.439. The van der Waals surface area contributed by atoms with Crippen LogP contribution < -0.4 is 0 Å². The fourth-order valence-corrected chi connectivity index (χ4v) is 2.34. The van der Waals surface area contributed by atoms with E-state index in [2.05, 4.69) is 10.3 Å². The Morgan fingerprint density at radius 1 is 1.00 bits per heavy atom. The molecule has 0 aliphatic carbocycles. The molecule has 0 amide bonds. The Bertz CT molecular complexity index is 958. The van der Waals surface area contributed by atoms with Crippen molar-refractivity contribution >= 4 is 0 Å². The number of benzene rings is 2. The van der Waals surface area contributed by atoms with Gasteiger partial charge in [-0.2, -0.15) is 5.26 Å². The van der Waals surface area contributed by atoms with Crippen LogP contribution >= 0.6 is 0 Å². The third kappa shape index (κ3) is 2.74. The van der Waals surface area contributed by atoms with Gasteiger partial charge in [0.25, 0.3) is 0 Å². The van der Waals surface area contributed by atoms with Crippen LogP contribution in [0.4, 0.5) is 17.6 Å². The largest absolute Gasteiger partial charge is 0.214 e. The van der Waals surface area contributed by atoms with Crippen molar-refractivity contribution in [3.8, 4) is 23.0 Å². The molecule has 3 aromatic rings. The maximum atomic E-state index is 14.1. The maximum Gasteiger partial charge on any atom is 0.189 e. The third-order valence-electron chi connectivity index (χ3n) is 3.73. The topological polar surface area (TPSA) is 54.5 Å². The molecule has 25 heavy (non-hydrogen) atoms. The molecule has 126 valence electrons. The highest BCUT2D eigenvalue weighted by atomic mass is 19.2. The fraction of sp³-hybridized carbons (Fsp3) is 0.118. The Kier molecular flexibility index (Phi) is 4.23. The first-order valence-electron chi connectivity index (χ1n) is 7.26. The van der Waals surface area contributed by atoms with Gasteiger partial charge in [0.2, 0.25) is 0 Å². The van der Waals surface area contributed by atoms with Gasteiger partial charge in [0.1, 0.15) is 23.0 Å². The van der Waals surface area contributed by atoms with Crippen molar-refractivity contribution < 1.29 is 17.6 Å². The van der Waals surface area contributed by atoms with Crippen LogP contribution in [0.2, 0.25) is 0 Å². The second-order valence-corrected chi connectivity index (χ2v) is 5.19. The molecule has 2 aromatic carbocycles. The number of hydrogen-bond acceptors (Lipinski definition) is 3. The van der Waals surface area contributed by atoms with Gasteiger partial charge in [-0.3, -0.25) is 0 Å². The summed E-state index contributed by atoms with van der Waals surface area (Å²) < 4.78 is 56.2. The molecule has 0 aliphatic rings. The molecule has 4 nitrogen and oxygen atoms in total. The van der Waals surface area contributed by atoms with E-state index < -0.39 is 34.5 Å². The number of aryl methyl sites for hydroxylation is 1. The van der Waals surface area contributed by atoms with Crippen LogP contribution in [-0.2, 0) is 6.42 Å². The SMILES string of the molecule is CCc1ccc(-c2cn(-c3c(F)c(F)c(C#N)c(F)c3F)nn2)cc1. The van der Waals surface area contributed by atoms with Gasteiger partial charge in [0.05, 0.1) is 6.20 Å². The van der Waals surface area contributed by atoms with Crippen molar-refractivity contribution in [3.05, 3.63) is 64.9 Å². The minimum Gasteiger partial charge on any atom is -0.214 e. The summed E-state index contributed by atoms with van der Waals surface area (Å²) in [5, 5.41) is 15.9. The minimum atomic E-state index is -1.78. The van der Waals surface area contributed by atoms with Crippen LogP contribution in [0.3, 0.4) is 0 Å². The third-order valence-corrected chi connectivity index (χ3v) is 3.73. The number of hydrogen-bond donors (Lipinski definition) is 0. The zero-order chi connectivity index (χ0) is 18.1. The Hall–Kier alpha value is -3.21. The molecule has 0 fully saturated rings. The summed E-state index contributed by atoms with van der Waals surface area (Å²) in [6, 6.07) is 8.31. The second kappa shape index (κ2) is 6.36. The molecule has 0 unspecified atom stereocenters. The monoisotopic (exact) mass is 346 g/mol. The number of nitriles is 1. The van der Waals surface area contributed by atoms with E-state index in [0.717, 1.165) is 24.3 Å². The second-order valence-electron chi connectivity index (χ2n) is 5.19. The molecule has 0 radical (unpaired) electrons. The lowest BCUT2D eigenvalue weighted by Gasteiger charge is -2.07. The van der Waals surface area contributed by atoms with Gasteiger partial charge >= 0.3 is 0 Å². The molecule has 8 heteroatoms. The zero-order valence-corrected chi connectivity index (χ0v) is 12.9. The number of halogens is 4. The van der Waals surface area contributed by atoms with Crippen LogP contribution in [-0.4, -0.2) is 15.0 Å². The van der Waals surface area contributed by atoms with E-state index in [1.54, 1.807) is 12.1 Å². The Labute approximate surface area is 139 Å². The Morgan fingerprint density at radius 2 is 1.60 bits per heavy atom. The molecule has 0 aliphatic heterocycles. The molecule has 0 spiro atoms. The van der Waals surface area contributed by atoms with E-state index in [0.29, 0.717) is 10.2 Å². The van der Waals surface area contributed by atoms with Crippen molar-refractivity contribution in [2.24, 2.45) is 0 Å². The summed E-state index contributed by atoms with van der Waals surface area (Å²) in [5.41, 5.74) is -0.415. The van der Waals surface area contributed by atoms with E-state index in [1.807, 2.05) is 19.1 Å². The highest BCUT2D eigenvalue weighted by Crippen LogP contribution is 2.27. The van der Waals surface area contributed by atoms with Crippen LogP contribution in [0.1, 0.15) is 18.1 Å². The van der Waals surface area contributed by atoms with E-state index in [-0.39, 0.29) is 5.69 Å². The van der Waals surface area contributed by atoms with Gasteiger partial charge in [-0.15, -0.1) is 5.10 Å². The average Bonchev–Trinajstić information content (AvgIpc) is 3.10. The smallest absolute Gasteiger partial charge is 0.189 e. The molecule has 3 rings (SSSR count). The first-order valence-corrected chi connectivity index (χ1v) is 7.26. The number of rotatable bonds is 3. The van der Waals surface area contributed by atoms with Crippen molar-refractivity contribution in [3.63, 3.8) is 0 Å². The van der Waals surface area contributed by atoms with E-state index in [9.17, 15) is 17.6 Å². The molecule has 0 saturated heterocycles. The van der Waals surface area contributed by atoms with Crippen molar-refractivity contribution in [2.45, 2.75) is 13.3 Å². The molecule has 0 N–H and O–H groups in total. The molecule has 0 saturated carbocycles. The first-order chi connectivity index (χ1) is 12.0. The summed E-state index contributed by atoms with van der Waals surface area (Å²) in [7, 11) is 0. The maximum absolute atomic E-state index is 14.1. The van der Waals surface area contributed by atoms with Crippen LogP contribution in [0, 0.1) is 34.6 Å². The highest BCUT2D eigenvalue weighted by Gasteiger charge is 2.27. The molecular formula is C17H10F4N4. The quantitative estimate of drug-likeness (QED) is 0.533.